The monoisotopic (exact) mass is 266 g/mol. The summed E-state index contributed by atoms with van der Waals surface area (Å²) in [6.07, 6.45) is 1.51. The number of hydrogen-bond donors (Lipinski definition) is 0. The highest BCUT2D eigenvalue weighted by molar-refractivity contribution is 7.99. The lowest BCUT2D eigenvalue weighted by Gasteiger charge is -2.36. The van der Waals surface area contributed by atoms with Crippen molar-refractivity contribution in [3.8, 4) is 6.07 Å². The lowest BCUT2D eigenvalue weighted by Crippen LogP contribution is -2.36. The fraction of sp³-hybridized carbons (Fsp3) is 0.462. The van der Waals surface area contributed by atoms with E-state index < -0.39 is 0 Å². The van der Waals surface area contributed by atoms with Crippen molar-refractivity contribution >= 4 is 29.1 Å². The third-order valence-electron chi connectivity index (χ3n) is 3.09. The van der Waals surface area contributed by atoms with Crippen molar-refractivity contribution in [2.45, 2.75) is 30.7 Å². The average molecular weight is 267 g/mol. The molecule has 1 atom stereocenters. The van der Waals surface area contributed by atoms with Crippen LogP contribution in [0.15, 0.2) is 17.0 Å². The van der Waals surface area contributed by atoms with Crippen LogP contribution in [0.4, 0.5) is 5.69 Å². The van der Waals surface area contributed by atoms with Crippen molar-refractivity contribution in [2.75, 3.05) is 17.7 Å². The molecule has 1 aliphatic heterocycles. The van der Waals surface area contributed by atoms with E-state index in [2.05, 4.69) is 31.0 Å². The molecular formula is C13H15ClN2S. The van der Waals surface area contributed by atoms with Gasteiger partial charge in [0.25, 0.3) is 0 Å². The van der Waals surface area contributed by atoms with Gasteiger partial charge in [0, 0.05) is 30.2 Å². The van der Waals surface area contributed by atoms with E-state index in [1.54, 1.807) is 0 Å². The zero-order chi connectivity index (χ0) is 12.4. The van der Waals surface area contributed by atoms with E-state index in [1.807, 2.05) is 17.8 Å². The number of halogens is 1. The highest BCUT2D eigenvalue weighted by atomic mass is 35.5. The third kappa shape index (κ3) is 2.53. The molecule has 2 nitrogen and oxygen atoms in total. The van der Waals surface area contributed by atoms with E-state index in [0.29, 0.717) is 12.5 Å². The van der Waals surface area contributed by atoms with Gasteiger partial charge in [-0.1, -0.05) is 11.6 Å². The number of fused-ring (bicyclic) bond motifs is 1. The Morgan fingerprint density at radius 2 is 2.35 bits per heavy atom. The van der Waals surface area contributed by atoms with Crippen LogP contribution in [0.1, 0.15) is 18.4 Å². The molecule has 0 amide bonds. The fourth-order valence-electron chi connectivity index (χ4n) is 2.14. The molecule has 4 heteroatoms. The molecule has 17 heavy (non-hydrogen) atoms. The summed E-state index contributed by atoms with van der Waals surface area (Å²) in [5, 5.41) is 9.48. The molecule has 0 bridgehead atoms. The van der Waals surface area contributed by atoms with E-state index in [1.165, 1.54) is 10.5 Å². The van der Waals surface area contributed by atoms with Gasteiger partial charge in [0.15, 0.2) is 0 Å². The molecule has 1 aliphatic rings. The second-order valence-electron chi connectivity index (χ2n) is 4.37. The van der Waals surface area contributed by atoms with Crippen LogP contribution in [0.5, 0.6) is 0 Å². The van der Waals surface area contributed by atoms with Crippen molar-refractivity contribution in [1.29, 1.82) is 5.26 Å². The van der Waals surface area contributed by atoms with E-state index >= 15 is 0 Å². The number of nitrogens with zero attached hydrogens (tertiary/aromatic N) is 2. The zero-order valence-electron chi connectivity index (χ0n) is 10.0. The topological polar surface area (TPSA) is 27.0 Å². The maximum Gasteiger partial charge on any atom is 0.0694 e. The SMILES string of the molecule is Cc1cc(Cl)c2c(c1)SCC(CCC#N)N2C. The summed E-state index contributed by atoms with van der Waals surface area (Å²) in [5.74, 6) is 1.03. The lowest BCUT2D eigenvalue weighted by molar-refractivity contribution is 0.636. The predicted octanol–water partition coefficient (Wildman–Crippen LogP) is 3.86. The molecule has 0 fully saturated rings. The largest absolute Gasteiger partial charge is 0.369 e. The summed E-state index contributed by atoms with van der Waals surface area (Å²) >= 11 is 8.17. The minimum Gasteiger partial charge on any atom is -0.369 e. The van der Waals surface area contributed by atoms with Gasteiger partial charge in [-0.15, -0.1) is 11.8 Å². The zero-order valence-corrected chi connectivity index (χ0v) is 11.6. The summed E-state index contributed by atoms with van der Waals surface area (Å²) in [6, 6.07) is 6.81. The molecule has 1 heterocycles. The third-order valence-corrected chi connectivity index (χ3v) is 4.56. The maximum atomic E-state index is 8.67. The van der Waals surface area contributed by atoms with Crippen molar-refractivity contribution in [3.05, 3.63) is 22.7 Å². The normalized spacial score (nSPS) is 18.7. The van der Waals surface area contributed by atoms with E-state index in [4.69, 9.17) is 16.9 Å². The number of benzene rings is 1. The maximum absolute atomic E-state index is 8.67. The van der Waals surface area contributed by atoms with Crippen LogP contribution in [0.25, 0.3) is 0 Å². The molecule has 1 unspecified atom stereocenters. The van der Waals surface area contributed by atoms with Gasteiger partial charge in [0.2, 0.25) is 0 Å². The van der Waals surface area contributed by atoms with Crippen molar-refractivity contribution in [2.24, 2.45) is 0 Å². The Bertz CT molecular complexity index is 467. The Hall–Kier alpha value is -0.850. The first-order valence-electron chi connectivity index (χ1n) is 5.66. The number of nitriles is 1. The van der Waals surface area contributed by atoms with Crippen LogP contribution in [0, 0.1) is 18.3 Å². The molecule has 0 aliphatic carbocycles. The lowest BCUT2D eigenvalue weighted by atomic mass is 10.1. The number of aryl methyl sites for hydroxylation is 1. The molecular weight excluding hydrogens is 252 g/mol. The van der Waals surface area contributed by atoms with E-state index in [0.717, 1.165) is 22.9 Å². The van der Waals surface area contributed by atoms with Gasteiger partial charge in [-0.05, 0) is 31.0 Å². The van der Waals surface area contributed by atoms with Gasteiger partial charge in [-0.2, -0.15) is 5.26 Å². The summed E-state index contributed by atoms with van der Waals surface area (Å²) in [5.41, 5.74) is 2.32. The van der Waals surface area contributed by atoms with Gasteiger partial charge in [-0.3, -0.25) is 0 Å². The first-order valence-corrected chi connectivity index (χ1v) is 7.02. The highest BCUT2D eigenvalue weighted by Gasteiger charge is 2.25. The molecule has 2 rings (SSSR count). The van der Waals surface area contributed by atoms with Gasteiger partial charge in [0.05, 0.1) is 16.8 Å². The van der Waals surface area contributed by atoms with Crippen LogP contribution < -0.4 is 4.90 Å². The molecule has 90 valence electrons. The Balaban J connectivity index is 2.29. The van der Waals surface area contributed by atoms with Crippen molar-refractivity contribution < 1.29 is 0 Å². The molecule has 1 aromatic rings. The summed E-state index contributed by atoms with van der Waals surface area (Å²) in [6.45, 7) is 2.06. The predicted molar refractivity (Wildman–Crippen MR) is 74.0 cm³/mol. The molecule has 0 radical (unpaired) electrons. The number of anilines is 1. The Morgan fingerprint density at radius 1 is 1.59 bits per heavy atom. The van der Waals surface area contributed by atoms with Crippen LogP contribution in [-0.2, 0) is 0 Å². The first kappa shape index (κ1) is 12.6. The van der Waals surface area contributed by atoms with Gasteiger partial charge < -0.3 is 4.90 Å². The van der Waals surface area contributed by atoms with Crippen LogP contribution in [0.2, 0.25) is 5.02 Å². The molecule has 0 spiro atoms. The van der Waals surface area contributed by atoms with Gasteiger partial charge in [0.1, 0.15) is 0 Å². The van der Waals surface area contributed by atoms with E-state index in [-0.39, 0.29) is 0 Å². The summed E-state index contributed by atoms with van der Waals surface area (Å²) in [4.78, 5) is 3.48. The first-order chi connectivity index (χ1) is 8.13. The van der Waals surface area contributed by atoms with E-state index in [9.17, 15) is 0 Å². The Labute approximate surface area is 112 Å². The molecule has 0 saturated carbocycles. The second-order valence-corrected chi connectivity index (χ2v) is 5.84. The highest BCUT2D eigenvalue weighted by Crippen LogP contribution is 2.42. The fourth-order valence-corrected chi connectivity index (χ4v) is 4.03. The minimum absolute atomic E-state index is 0.410. The van der Waals surface area contributed by atoms with Crippen molar-refractivity contribution in [3.63, 3.8) is 0 Å². The molecule has 0 N–H and O–H groups in total. The molecule has 0 aromatic heterocycles. The number of thioether (sulfide) groups is 1. The Morgan fingerprint density at radius 3 is 3.06 bits per heavy atom. The summed E-state index contributed by atoms with van der Waals surface area (Å²) in [7, 11) is 2.07. The quantitative estimate of drug-likeness (QED) is 0.813. The van der Waals surface area contributed by atoms with Crippen LogP contribution in [0.3, 0.4) is 0 Å². The standard InChI is InChI=1S/C13H15ClN2S/c1-9-6-11(14)13-12(7-9)17-8-10(16(13)2)4-3-5-15/h6-7,10H,3-4,8H2,1-2H3. The van der Waals surface area contributed by atoms with Gasteiger partial charge >= 0.3 is 0 Å². The average Bonchev–Trinajstić information content (AvgIpc) is 2.27. The van der Waals surface area contributed by atoms with Crippen LogP contribution >= 0.6 is 23.4 Å². The number of hydrogen-bond acceptors (Lipinski definition) is 3. The Kier molecular flexibility index (Phi) is 3.86. The molecule has 1 aromatic carbocycles. The smallest absolute Gasteiger partial charge is 0.0694 e. The number of rotatable bonds is 2. The summed E-state index contributed by atoms with van der Waals surface area (Å²) < 4.78 is 0. The van der Waals surface area contributed by atoms with Gasteiger partial charge in [-0.25, -0.2) is 0 Å². The van der Waals surface area contributed by atoms with Crippen LogP contribution in [-0.4, -0.2) is 18.8 Å². The minimum atomic E-state index is 0.410. The van der Waals surface area contributed by atoms with Crippen molar-refractivity contribution in [1.82, 2.24) is 0 Å². The second kappa shape index (κ2) is 5.20. The molecule has 0 saturated heterocycles.